The highest BCUT2D eigenvalue weighted by molar-refractivity contribution is 9.10. The number of fused-ring (bicyclic) bond motifs is 4. The van der Waals surface area contributed by atoms with Crippen molar-refractivity contribution in [2.24, 2.45) is 0 Å². The summed E-state index contributed by atoms with van der Waals surface area (Å²) >= 11 is 3.65. The van der Waals surface area contributed by atoms with Crippen molar-refractivity contribution in [1.29, 1.82) is 0 Å². The van der Waals surface area contributed by atoms with Gasteiger partial charge in [0.15, 0.2) is 17.0 Å². The molecule has 3 aromatic rings. The molecule has 2 saturated heterocycles. The summed E-state index contributed by atoms with van der Waals surface area (Å²) in [4.78, 5) is 28.3. The van der Waals surface area contributed by atoms with Gasteiger partial charge in [0.1, 0.15) is 6.61 Å². The quantitative estimate of drug-likeness (QED) is 0.311. The SMILES string of the molecule is COc1cc([C@@H]2[C@@H]3CCCN3[C@@]3(C(=O)Nc4ccccc43)[C@@H]2[N+](=O)[O-])cc(Br)c1OCc1ccc(C)cc1. The molecule has 0 aliphatic carbocycles. The molecule has 0 unspecified atom stereocenters. The van der Waals surface area contributed by atoms with Gasteiger partial charge in [0.2, 0.25) is 0 Å². The number of carbonyl (C=O) groups excluding carboxylic acids is 1. The van der Waals surface area contributed by atoms with E-state index in [1.807, 2.05) is 67.6 Å². The van der Waals surface area contributed by atoms with Crippen LogP contribution in [0.15, 0.2) is 65.1 Å². The largest absolute Gasteiger partial charge is 0.493 e. The lowest BCUT2D eigenvalue weighted by Crippen LogP contribution is -2.55. The topological polar surface area (TPSA) is 93.9 Å². The lowest BCUT2D eigenvalue weighted by atomic mass is 9.77. The highest BCUT2D eigenvalue weighted by Crippen LogP contribution is 2.58. The number of hydrogen-bond donors (Lipinski definition) is 1. The highest BCUT2D eigenvalue weighted by atomic mass is 79.9. The van der Waals surface area contributed by atoms with Crippen molar-refractivity contribution in [2.75, 3.05) is 19.0 Å². The summed E-state index contributed by atoms with van der Waals surface area (Å²) in [6, 6.07) is 17.9. The van der Waals surface area contributed by atoms with Crippen LogP contribution in [-0.2, 0) is 16.9 Å². The molecule has 2 fully saturated rings. The van der Waals surface area contributed by atoms with Crippen molar-refractivity contribution < 1.29 is 19.2 Å². The third-order valence-corrected chi connectivity index (χ3v) is 8.82. The van der Waals surface area contributed by atoms with E-state index in [1.165, 1.54) is 5.56 Å². The minimum atomic E-state index is -1.35. The fraction of sp³-hybridized carbons (Fsp3) is 0.345. The monoisotopic (exact) mass is 577 g/mol. The molecule has 1 spiro atoms. The third kappa shape index (κ3) is 3.63. The summed E-state index contributed by atoms with van der Waals surface area (Å²) in [7, 11) is 1.56. The number of anilines is 1. The van der Waals surface area contributed by atoms with Crippen molar-refractivity contribution in [1.82, 2.24) is 4.90 Å². The summed E-state index contributed by atoms with van der Waals surface area (Å²) in [5.74, 6) is 0.194. The summed E-state index contributed by atoms with van der Waals surface area (Å²) in [6.07, 6.45) is 1.65. The van der Waals surface area contributed by atoms with Crippen molar-refractivity contribution in [3.05, 3.63) is 97.5 Å². The van der Waals surface area contributed by atoms with Crippen molar-refractivity contribution in [3.8, 4) is 11.5 Å². The fourth-order valence-corrected chi connectivity index (χ4v) is 7.26. The molecule has 6 rings (SSSR count). The number of carbonyl (C=O) groups is 1. The Balaban J connectivity index is 1.42. The smallest absolute Gasteiger partial charge is 0.256 e. The zero-order valence-corrected chi connectivity index (χ0v) is 22.7. The summed E-state index contributed by atoms with van der Waals surface area (Å²) in [5, 5.41) is 15.8. The molecule has 8 nitrogen and oxygen atoms in total. The number of hydrogen-bond acceptors (Lipinski definition) is 6. The zero-order chi connectivity index (χ0) is 26.6. The second-order valence-corrected chi connectivity index (χ2v) is 11.1. The Kier molecular flexibility index (Phi) is 6.15. The Morgan fingerprint density at radius 1 is 1.18 bits per heavy atom. The molecule has 3 aromatic carbocycles. The average Bonchev–Trinajstić information content (AvgIpc) is 3.57. The van der Waals surface area contributed by atoms with E-state index in [-0.39, 0.29) is 16.9 Å². The number of aryl methyl sites for hydroxylation is 1. The Morgan fingerprint density at radius 3 is 2.68 bits per heavy atom. The van der Waals surface area contributed by atoms with E-state index in [0.29, 0.717) is 40.4 Å². The molecule has 0 radical (unpaired) electrons. The van der Waals surface area contributed by atoms with Crippen LogP contribution in [-0.4, -0.2) is 41.5 Å². The van der Waals surface area contributed by atoms with Crippen LogP contribution in [0.4, 0.5) is 5.69 Å². The molecule has 0 saturated carbocycles. The van der Waals surface area contributed by atoms with Crippen LogP contribution in [0.3, 0.4) is 0 Å². The van der Waals surface area contributed by atoms with Crippen LogP contribution >= 0.6 is 15.9 Å². The minimum absolute atomic E-state index is 0.154. The van der Waals surface area contributed by atoms with Crippen LogP contribution < -0.4 is 14.8 Å². The van der Waals surface area contributed by atoms with Gasteiger partial charge in [-0.25, -0.2) is 0 Å². The van der Waals surface area contributed by atoms with E-state index < -0.39 is 17.5 Å². The molecule has 1 amide bonds. The van der Waals surface area contributed by atoms with E-state index >= 15 is 0 Å². The van der Waals surface area contributed by atoms with Crippen LogP contribution in [0.5, 0.6) is 11.5 Å². The molecule has 38 heavy (non-hydrogen) atoms. The van der Waals surface area contributed by atoms with Crippen molar-refractivity contribution in [2.45, 2.75) is 49.9 Å². The van der Waals surface area contributed by atoms with Gasteiger partial charge in [-0.1, -0.05) is 48.0 Å². The number of para-hydroxylation sites is 1. The van der Waals surface area contributed by atoms with Crippen LogP contribution in [0, 0.1) is 17.0 Å². The summed E-state index contributed by atoms with van der Waals surface area (Å²) in [6.45, 7) is 3.02. The maximum absolute atomic E-state index is 13.7. The van der Waals surface area contributed by atoms with Gasteiger partial charge in [0, 0.05) is 28.8 Å². The van der Waals surface area contributed by atoms with E-state index in [2.05, 4.69) is 26.1 Å². The minimum Gasteiger partial charge on any atom is -0.493 e. The fourth-order valence-electron chi connectivity index (χ4n) is 6.69. The second-order valence-electron chi connectivity index (χ2n) is 10.2. The number of ether oxygens (including phenoxy) is 2. The van der Waals surface area contributed by atoms with Gasteiger partial charge in [-0.15, -0.1) is 0 Å². The molecular formula is C29H28BrN3O5. The average molecular weight is 578 g/mol. The normalized spacial score (nSPS) is 25.8. The van der Waals surface area contributed by atoms with Crippen LogP contribution in [0.25, 0.3) is 0 Å². The van der Waals surface area contributed by atoms with E-state index in [1.54, 1.807) is 7.11 Å². The molecule has 0 aromatic heterocycles. The van der Waals surface area contributed by atoms with E-state index in [9.17, 15) is 14.9 Å². The zero-order valence-electron chi connectivity index (χ0n) is 21.1. The number of rotatable bonds is 6. The van der Waals surface area contributed by atoms with Gasteiger partial charge >= 0.3 is 0 Å². The number of methoxy groups -OCH3 is 1. The Labute approximate surface area is 229 Å². The van der Waals surface area contributed by atoms with Crippen LogP contribution in [0.2, 0.25) is 0 Å². The number of halogens is 1. The molecule has 3 aliphatic heterocycles. The Morgan fingerprint density at radius 2 is 1.95 bits per heavy atom. The van der Waals surface area contributed by atoms with Crippen LogP contribution in [0.1, 0.15) is 41.0 Å². The molecule has 1 N–H and O–H groups in total. The summed E-state index contributed by atoms with van der Waals surface area (Å²) in [5.41, 5.74) is 2.92. The number of benzene rings is 3. The molecule has 4 atom stereocenters. The lowest BCUT2D eigenvalue weighted by Gasteiger charge is -2.32. The second kappa shape index (κ2) is 9.39. The predicted octanol–water partition coefficient (Wildman–Crippen LogP) is 5.40. The van der Waals surface area contributed by atoms with Gasteiger partial charge in [-0.2, -0.15) is 0 Å². The molecule has 3 aliphatic rings. The first-order chi connectivity index (χ1) is 18.4. The van der Waals surface area contributed by atoms with Gasteiger partial charge in [0.25, 0.3) is 11.9 Å². The number of nitrogens with one attached hydrogen (secondary N) is 1. The molecule has 0 bridgehead atoms. The van der Waals surface area contributed by atoms with E-state index in [0.717, 1.165) is 24.0 Å². The highest BCUT2D eigenvalue weighted by Gasteiger charge is 2.73. The van der Waals surface area contributed by atoms with Gasteiger partial charge in [0.05, 0.1) is 17.5 Å². The van der Waals surface area contributed by atoms with Crippen molar-refractivity contribution in [3.63, 3.8) is 0 Å². The lowest BCUT2D eigenvalue weighted by molar-refractivity contribution is -0.534. The standard InChI is InChI=1S/C29H28BrN3O5/c1-17-9-11-18(12-10-17)16-38-26-21(30)14-19(15-24(26)37-2)25-23-8-5-13-32(23)29(27(25)33(35)36)20-6-3-4-7-22(20)31-28(29)34/h3-4,6-7,9-12,14-15,23,25,27H,5,8,13,16H2,1-2H3,(H,31,34)/t23-,25+,27+,29+/m0/s1. The first-order valence-electron chi connectivity index (χ1n) is 12.7. The number of nitrogens with zero attached hydrogens (tertiary/aromatic N) is 2. The molecule has 3 heterocycles. The first-order valence-corrected chi connectivity index (χ1v) is 13.5. The number of nitro groups is 1. The third-order valence-electron chi connectivity index (χ3n) is 8.23. The maximum Gasteiger partial charge on any atom is 0.256 e. The van der Waals surface area contributed by atoms with Crippen molar-refractivity contribution >= 4 is 27.5 Å². The molecular weight excluding hydrogens is 550 g/mol. The molecule has 9 heteroatoms. The van der Waals surface area contributed by atoms with Gasteiger partial charge < -0.3 is 14.8 Å². The van der Waals surface area contributed by atoms with Gasteiger partial charge in [-0.05, 0) is 65.0 Å². The summed E-state index contributed by atoms with van der Waals surface area (Å²) < 4.78 is 12.5. The van der Waals surface area contributed by atoms with Gasteiger partial charge in [-0.3, -0.25) is 19.8 Å². The van der Waals surface area contributed by atoms with E-state index in [4.69, 9.17) is 9.47 Å². The predicted molar refractivity (Wildman–Crippen MR) is 146 cm³/mol. The Bertz CT molecular complexity index is 1430. The maximum atomic E-state index is 13.7. The molecule has 196 valence electrons. The Hall–Kier alpha value is -3.43. The first kappa shape index (κ1) is 24.9. The number of amides is 1.